The number of hydrogen-bond donors (Lipinski definition) is 0. The van der Waals surface area contributed by atoms with E-state index < -0.39 is 0 Å². The molecule has 0 unspecified atom stereocenters. The van der Waals surface area contributed by atoms with Crippen molar-refractivity contribution in [2.45, 2.75) is 13.8 Å². The first-order chi connectivity index (χ1) is 10.6. The molecule has 0 saturated heterocycles. The molecule has 2 aromatic heterocycles. The second-order valence-electron chi connectivity index (χ2n) is 5.46. The number of aromatic nitrogens is 2. The molecule has 0 bridgehead atoms. The highest BCUT2D eigenvalue weighted by Crippen LogP contribution is 2.34. The van der Waals surface area contributed by atoms with Crippen LogP contribution in [-0.2, 0) is 0 Å². The van der Waals surface area contributed by atoms with Crippen LogP contribution in [0.2, 0.25) is 5.15 Å². The molecule has 0 spiro atoms. The summed E-state index contributed by atoms with van der Waals surface area (Å²) in [6, 6.07) is 14.6. The highest BCUT2D eigenvalue weighted by molar-refractivity contribution is 7.22. The van der Waals surface area contributed by atoms with Gasteiger partial charge in [-0.2, -0.15) is 0 Å². The van der Waals surface area contributed by atoms with E-state index in [-0.39, 0.29) is 0 Å². The number of hydrogen-bond acceptors (Lipinski definition) is 3. The summed E-state index contributed by atoms with van der Waals surface area (Å²) < 4.78 is 1.23. The first-order valence-corrected chi connectivity index (χ1v) is 8.25. The Labute approximate surface area is 137 Å². The quantitative estimate of drug-likeness (QED) is 0.415. The molecule has 0 aliphatic heterocycles. The lowest BCUT2D eigenvalue weighted by Crippen LogP contribution is -1.93. The number of halogens is 1. The maximum atomic E-state index is 6.41. The summed E-state index contributed by atoms with van der Waals surface area (Å²) in [4.78, 5) is 10.3. The molecule has 2 aromatic carbocycles. The Hall–Kier alpha value is -1.97. The fourth-order valence-corrected chi connectivity index (χ4v) is 3.97. The zero-order valence-electron chi connectivity index (χ0n) is 12.2. The SMILES string of the molecule is Cc1cc(C)c2nc(-c3cc4ccccc4s3)nc(Cl)c2c1. The Balaban J connectivity index is 1.99. The number of thiophene rings is 1. The summed E-state index contributed by atoms with van der Waals surface area (Å²) in [5.74, 6) is 0.700. The van der Waals surface area contributed by atoms with Crippen LogP contribution in [0, 0.1) is 13.8 Å². The molecule has 0 radical (unpaired) electrons. The summed E-state index contributed by atoms with van der Waals surface area (Å²) in [5, 5.41) is 2.65. The standard InChI is InChI=1S/C18H13ClN2S/c1-10-7-11(2)16-13(8-10)17(19)21-18(20-16)15-9-12-5-3-4-6-14(12)22-15/h3-9H,1-2H3. The molecule has 0 saturated carbocycles. The minimum Gasteiger partial charge on any atom is -0.227 e. The molecule has 4 heteroatoms. The average Bonchev–Trinajstić information content (AvgIpc) is 2.92. The average molecular weight is 325 g/mol. The van der Waals surface area contributed by atoms with Crippen molar-refractivity contribution in [3.8, 4) is 10.7 Å². The van der Waals surface area contributed by atoms with Crippen molar-refractivity contribution in [2.75, 3.05) is 0 Å². The van der Waals surface area contributed by atoms with Gasteiger partial charge < -0.3 is 0 Å². The van der Waals surface area contributed by atoms with Crippen LogP contribution in [0.3, 0.4) is 0 Å². The fourth-order valence-electron chi connectivity index (χ4n) is 2.75. The van der Waals surface area contributed by atoms with Crippen molar-refractivity contribution < 1.29 is 0 Å². The zero-order valence-corrected chi connectivity index (χ0v) is 13.8. The van der Waals surface area contributed by atoms with E-state index >= 15 is 0 Å². The molecule has 4 aromatic rings. The molecule has 2 heterocycles. The van der Waals surface area contributed by atoms with E-state index in [4.69, 9.17) is 16.6 Å². The van der Waals surface area contributed by atoms with Gasteiger partial charge in [0.25, 0.3) is 0 Å². The summed E-state index contributed by atoms with van der Waals surface area (Å²) in [6.45, 7) is 4.12. The smallest absolute Gasteiger partial charge is 0.171 e. The van der Waals surface area contributed by atoms with Gasteiger partial charge in [-0.25, -0.2) is 9.97 Å². The highest BCUT2D eigenvalue weighted by atomic mass is 35.5. The van der Waals surface area contributed by atoms with E-state index in [1.165, 1.54) is 15.6 Å². The van der Waals surface area contributed by atoms with E-state index in [1.807, 2.05) is 18.2 Å². The molecule has 0 N–H and O–H groups in total. The van der Waals surface area contributed by atoms with Crippen LogP contribution in [0.15, 0.2) is 42.5 Å². The van der Waals surface area contributed by atoms with Crippen LogP contribution in [0.25, 0.3) is 31.7 Å². The van der Waals surface area contributed by atoms with Gasteiger partial charge in [-0.15, -0.1) is 11.3 Å². The number of nitrogens with zero attached hydrogens (tertiary/aromatic N) is 2. The molecule has 22 heavy (non-hydrogen) atoms. The highest BCUT2D eigenvalue weighted by Gasteiger charge is 2.12. The second-order valence-corrected chi connectivity index (χ2v) is 6.91. The summed E-state index contributed by atoms with van der Waals surface area (Å²) in [7, 11) is 0. The predicted octanol–water partition coefficient (Wildman–Crippen LogP) is 5.78. The Bertz CT molecular complexity index is 987. The lowest BCUT2D eigenvalue weighted by Gasteiger charge is -2.07. The Morgan fingerprint density at radius 3 is 2.64 bits per heavy atom. The van der Waals surface area contributed by atoms with Gasteiger partial charge in [0, 0.05) is 10.1 Å². The lowest BCUT2D eigenvalue weighted by molar-refractivity contribution is 1.22. The van der Waals surface area contributed by atoms with Crippen LogP contribution >= 0.6 is 22.9 Å². The Morgan fingerprint density at radius 2 is 1.82 bits per heavy atom. The van der Waals surface area contributed by atoms with Gasteiger partial charge in [0.2, 0.25) is 0 Å². The first-order valence-electron chi connectivity index (χ1n) is 7.05. The van der Waals surface area contributed by atoms with Crippen molar-refractivity contribution in [3.05, 3.63) is 58.7 Å². The molecule has 0 aliphatic rings. The summed E-state index contributed by atoms with van der Waals surface area (Å²) in [5.41, 5.74) is 3.23. The lowest BCUT2D eigenvalue weighted by atomic mass is 10.1. The minimum absolute atomic E-state index is 0.518. The van der Waals surface area contributed by atoms with Crippen LogP contribution in [0.1, 0.15) is 11.1 Å². The number of fused-ring (bicyclic) bond motifs is 2. The van der Waals surface area contributed by atoms with E-state index in [1.54, 1.807) is 11.3 Å². The molecule has 0 aliphatic carbocycles. The maximum absolute atomic E-state index is 6.41. The monoisotopic (exact) mass is 324 g/mol. The molecular weight excluding hydrogens is 312 g/mol. The van der Waals surface area contributed by atoms with Crippen molar-refractivity contribution in [2.24, 2.45) is 0 Å². The largest absolute Gasteiger partial charge is 0.227 e. The maximum Gasteiger partial charge on any atom is 0.171 e. The van der Waals surface area contributed by atoms with Gasteiger partial charge >= 0.3 is 0 Å². The van der Waals surface area contributed by atoms with Crippen molar-refractivity contribution in [1.29, 1.82) is 0 Å². The molecule has 0 fully saturated rings. The predicted molar refractivity (Wildman–Crippen MR) is 94.8 cm³/mol. The van der Waals surface area contributed by atoms with E-state index in [0.717, 1.165) is 21.3 Å². The second kappa shape index (κ2) is 5.04. The number of benzene rings is 2. The fraction of sp³-hybridized carbons (Fsp3) is 0.111. The third-order valence-electron chi connectivity index (χ3n) is 3.73. The zero-order chi connectivity index (χ0) is 15.3. The van der Waals surface area contributed by atoms with Crippen LogP contribution in [0.4, 0.5) is 0 Å². The minimum atomic E-state index is 0.518. The van der Waals surface area contributed by atoms with Gasteiger partial charge in [-0.1, -0.05) is 41.4 Å². The number of rotatable bonds is 1. The summed E-state index contributed by atoms with van der Waals surface area (Å²) >= 11 is 8.10. The van der Waals surface area contributed by atoms with E-state index in [2.05, 4.69) is 43.1 Å². The van der Waals surface area contributed by atoms with Crippen LogP contribution < -0.4 is 0 Å². The van der Waals surface area contributed by atoms with Gasteiger partial charge in [0.15, 0.2) is 5.82 Å². The molecule has 108 valence electrons. The van der Waals surface area contributed by atoms with Gasteiger partial charge in [-0.05, 0) is 43.0 Å². The van der Waals surface area contributed by atoms with Gasteiger partial charge in [0.05, 0.1) is 10.4 Å². The topological polar surface area (TPSA) is 25.8 Å². The van der Waals surface area contributed by atoms with Crippen molar-refractivity contribution in [3.63, 3.8) is 0 Å². The molecule has 4 rings (SSSR count). The Morgan fingerprint density at radius 1 is 1.00 bits per heavy atom. The van der Waals surface area contributed by atoms with Crippen molar-refractivity contribution in [1.82, 2.24) is 9.97 Å². The Kier molecular flexibility index (Phi) is 3.13. The van der Waals surface area contributed by atoms with Gasteiger partial charge in [0.1, 0.15) is 5.15 Å². The summed E-state index contributed by atoms with van der Waals surface area (Å²) in [6.07, 6.45) is 0. The van der Waals surface area contributed by atoms with Gasteiger partial charge in [-0.3, -0.25) is 0 Å². The van der Waals surface area contributed by atoms with E-state index in [9.17, 15) is 0 Å². The third kappa shape index (κ3) is 2.18. The first kappa shape index (κ1) is 13.7. The van der Waals surface area contributed by atoms with Crippen molar-refractivity contribution >= 4 is 43.9 Å². The normalized spacial score (nSPS) is 11.4. The van der Waals surface area contributed by atoms with Crippen LogP contribution in [-0.4, -0.2) is 9.97 Å². The van der Waals surface area contributed by atoms with E-state index in [0.29, 0.717) is 11.0 Å². The molecule has 2 nitrogen and oxygen atoms in total. The molecular formula is C18H13ClN2S. The molecule has 0 amide bonds. The van der Waals surface area contributed by atoms with Crippen LogP contribution in [0.5, 0.6) is 0 Å². The number of aryl methyl sites for hydroxylation is 2. The molecule has 0 atom stereocenters. The third-order valence-corrected chi connectivity index (χ3v) is 5.13.